The Hall–Kier alpha value is -0.740. The molecule has 0 aliphatic heterocycles. The second kappa shape index (κ2) is 5.83. The Labute approximate surface area is 81.8 Å². The third kappa shape index (κ3) is 4.15. The van der Waals surface area contributed by atoms with Crippen LogP contribution < -0.4 is 0 Å². The number of rotatable bonds is 6. The van der Waals surface area contributed by atoms with Crippen LogP contribution in [-0.4, -0.2) is 24.0 Å². The first-order chi connectivity index (χ1) is 6.33. The molecule has 0 aliphatic carbocycles. The van der Waals surface area contributed by atoms with Crippen molar-refractivity contribution in [3.05, 3.63) is 16.6 Å². The summed E-state index contributed by atoms with van der Waals surface area (Å²) in [6.45, 7) is 3.13. The second-order valence-corrected chi connectivity index (χ2v) is 3.60. The summed E-state index contributed by atoms with van der Waals surface area (Å²) in [6, 6.07) is 0. The summed E-state index contributed by atoms with van der Waals surface area (Å²) in [5, 5.41) is 0. The van der Waals surface area contributed by atoms with Gasteiger partial charge in [-0.25, -0.2) is 0 Å². The lowest BCUT2D eigenvalue weighted by Gasteiger charge is -1.98. The van der Waals surface area contributed by atoms with Gasteiger partial charge in [0.1, 0.15) is 5.78 Å². The highest BCUT2D eigenvalue weighted by Gasteiger charge is 2.04. The smallest absolute Gasteiger partial charge is 0.140 e. The van der Waals surface area contributed by atoms with Gasteiger partial charge < -0.3 is 4.74 Å². The van der Waals surface area contributed by atoms with Crippen LogP contribution in [0.4, 0.5) is 0 Å². The van der Waals surface area contributed by atoms with Crippen molar-refractivity contribution in [2.24, 2.45) is 0 Å². The molecular weight excluding hydrogens is 186 g/mol. The maximum Gasteiger partial charge on any atom is 0.140 e. The average Bonchev–Trinajstić information content (AvgIpc) is 2.57. The summed E-state index contributed by atoms with van der Waals surface area (Å²) in [5.74, 6) is 0.220. The molecule has 0 unspecified atom stereocenters. The van der Waals surface area contributed by atoms with E-state index in [0.29, 0.717) is 26.1 Å². The zero-order valence-corrected chi connectivity index (χ0v) is 8.47. The Morgan fingerprint density at radius 3 is 3.15 bits per heavy atom. The van der Waals surface area contributed by atoms with E-state index in [-0.39, 0.29) is 5.78 Å². The first-order valence-corrected chi connectivity index (χ1v) is 5.17. The first kappa shape index (κ1) is 10.3. The van der Waals surface area contributed by atoms with Crippen molar-refractivity contribution in [3.63, 3.8) is 0 Å². The van der Waals surface area contributed by atoms with Gasteiger partial charge in [-0.3, -0.25) is 9.78 Å². The SMILES string of the molecule is CCOCCC(=O)Cc1cncs1. The summed E-state index contributed by atoms with van der Waals surface area (Å²) < 4.78 is 5.09. The minimum absolute atomic E-state index is 0.220. The van der Waals surface area contributed by atoms with Gasteiger partial charge in [-0.2, -0.15) is 0 Å². The Morgan fingerprint density at radius 2 is 2.54 bits per heavy atom. The van der Waals surface area contributed by atoms with Gasteiger partial charge in [-0.15, -0.1) is 11.3 Å². The topological polar surface area (TPSA) is 39.2 Å². The van der Waals surface area contributed by atoms with E-state index in [9.17, 15) is 4.79 Å². The van der Waals surface area contributed by atoms with Crippen molar-refractivity contribution in [3.8, 4) is 0 Å². The molecule has 0 atom stereocenters. The van der Waals surface area contributed by atoms with E-state index >= 15 is 0 Å². The number of aromatic nitrogens is 1. The maximum atomic E-state index is 11.3. The molecule has 0 saturated carbocycles. The molecule has 0 N–H and O–H groups in total. The largest absolute Gasteiger partial charge is 0.381 e. The van der Waals surface area contributed by atoms with Gasteiger partial charge in [0.15, 0.2) is 0 Å². The van der Waals surface area contributed by atoms with Gasteiger partial charge in [-0.05, 0) is 6.92 Å². The Kier molecular flexibility index (Phi) is 4.64. The van der Waals surface area contributed by atoms with E-state index in [1.165, 1.54) is 11.3 Å². The predicted molar refractivity (Wildman–Crippen MR) is 51.9 cm³/mol. The van der Waals surface area contributed by atoms with Crippen LogP contribution in [0, 0.1) is 0 Å². The Bertz CT molecular complexity index is 246. The molecule has 1 aromatic rings. The molecular formula is C9H13NO2S. The number of hydrogen-bond donors (Lipinski definition) is 0. The molecule has 13 heavy (non-hydrogen) atoms. The summed E-state index contributed by atoms with van der Waals surface area (Å²) >= 11 is 1.52. The van der Waals surface area contributed by atoms with Gasteiger partial charge in [0, 0.05) is 30.5 Å². The second-order valence-electron chi connectivity index (χ2n) is 2.63. The van der Waals surface area contributed by atoms with Crippen molar-refractivity contribution in [1.29, 1.82) is 0 Å². The fourth-order valence-corrected chi connectivity index (χ4v) is 1.57. The molecule has 0 fully saturated rings. The minimum Gasteiger partial charge on any atom is -0.381 e. The minimum atomic E-state index is 0.220. The fourth-order valence-electron chi connectivity index (χ4n) is 0.942. The molecule has 0 amide bonds. The maximum absolute atomic E-state index is 11.3. The van der Waals surface area contributed by atoms with E-state index in [2.05, 4.69) is 4.98 Å². The summed E-state index contributed by atoms with van der Waals surface area (Å²) in [6.07, 6.45) is 2.74. The molecule has 0 aromatic carbocycles. The lowest BCUT2D eigenvalue weighted by atomic mass is 10.2. The van der Waals surface area contributed by atoms with Crippen LogP contribution in [0.15, 0.2) is 11.7 Å². The van der Waals surface area contributed by atoms with Crippen molar-refractivity contribution in [2.75, 3.05) is 13.2 Å². The third-order valence-corrected chi connectivity index (χ3v) is 2.36. The van der Waals surface area contributed by atoms with Crippen LogP contribution >= 0.6 is 11.3 Å². The van der Waals surface area contributed by atoms with Crippen LogP contribution in [0.5, 0.6) is 0 Å². The number of nitrogens with zero attached hydrogens (tertiary/aromatic N) is 1. The van der Waals surface area contributed by atoms with Crippen molar-refractivity contribution in [1.82, 2.24) is 4.98 Å². The van der Waals surface area contributed by atoms with Crippen molar-refractivity contribution >= 4 is 17.1 Å². The standard InChI is InChI=1S/C9H13NO2S/c1-2-12-4-3-8(11)5-9-6-10-7-13-9/h6-7H,2-5H2,1H3. The lowest BCUT2D eigenvalue weighted by molar-refractivity contribution is -0.119. The van der Waals surface area contributed by atoms with Gasteiger partial charge in [0.2, 0.25) is 0 Å². The van der Waals surface area contributed by atoms with Crippen LogP contribution in [0.3, 0.4) is 0 Å². The molecule has 0 bridgehead atoms. The van der Waals surface area contributed by atoms with Gasteiger partial charge >= 0.3 is 0 Å². The van der Waals surface area contributed by atoms with E-state index < -0.39 is 0 Å². The van der Waals surface area contributed by atoms with Gasteiger partial charge in [0.05, 0.1) is 12.1 Å². The number of hydrogen-bond acceptors (Lipinski definition) is 4. The normalized spacial score (nSPS) is 10.2. The number of carbonyl (C=O) groups excluding carboxylic acids is 1. The predicted octanol–water partition coefficient (Wildman–Crippen LogP) is 1.68. The molecule has 72 valence electrons. The Morgan fingerprint density at radius 1 is 1.69 bits per heavy atom. The summed E-state index contributed by atoms with van der Waals surface area (Å²) in [5.41, 5.74) is 1.74. The van der Waals surface area contributed by atoms with Crippen LogP contribution in [0.1, 0.15) is 18.2 Å². The molecule has 3 nitrogen and oxygen atoms in total. The van der Waals surface area contributed by atoms with Crippen molar-refractivity contribution < 1.29 is 9.53 Å². The van der Waals surface area contributed by atoms with Crippen LogP contribution in [0.2, 0.25) is 0 Å². The van der Waals surface area contributed by atoms with Crippen molar-refractivity contribution in [2.45, 2.75) is 19.8 Å². The average molecular weight is 199 g/mol. The molecule has 1 heterocycles. The molecule has 0 aliphatic rings. The van der Waals surface area contributed by atoms with E-state index in [4.69, 9.17) is 4.74 Å². The van der Waals surface area contributed by atoms with Gasteiger partial charge in [0.25, 0.3) is 0 Å². The highest BCUT2D eigenvalue weighted by atomic mass is 32.1. The van der Waals surface area contributed by atoms with E-state index in [1.807, 2.05) is 6.92 Å². The fraction of sp³-hybridized carbons (Fsp3) is 0.556. The van der Waals surface area contributed by atoms with Crippen LogP contribution in [-0.2, 0) is 16.0 Å². The summed E-state index contributed by atoms with van der Waals surface area (Å²) in [7, 11) is 0. The Balaban J connectivity index is 2.18. The number of Topliss-reactive ketones (excluding diaryl/α,β-unsaturated/α-hetero) is 1. The van der Waals surface area contributed by atoms with Gasteiger partial charge in [-0.1, -0.05) is 0 Å². The first-order valence-electron chi connectivity index (χ1n) is 4.29. The highest BCUT2D eigenvalue weighted by Crippen LogP contribution is 2.07. The van der Waals surface area contributed by atoms with Crippen LogP contribution in [0.25, 0.3) is 0 Å². The number of ether oxygens (including phenoxy) is 1. The molecule has 0 spiro atoms. The quantitative estimate of drug-likeness (QED) is 0.654. The third-order valence-electron chi connectivity index (χ3n) is 1.58. The number of carbonyl (C=O) groups is 1. The van der Waals surface area contributed by atoms with E-state index in [0.717, 1.165) is 4.88 Å². The monoisotopic (exact) mass is 199 g/mol. The molecule has 0 radical (unpaired) electrons. The molecule has 1 rings (SSSR count). The van der Waals surface area contributed by atoms with E-state index in [1.54, 1.807) is 11.7 Å². The molecule has 4 heteroatoms. The molecule has 0 saturated heterocycles. The summed E-state index contributed by atoms with van der Waals surface area (Å²) in [4.78, 5) is 16.2. The number of ketones is 1. The number of thiazole rings is 1. The zero-order chi connectivity index (χ0) is 9.52. The zero-order valence-electron chi connectivity index (χ0n) is 7.66. The molecule has 1 aromatic heterocycles. The highest BCUT2D eigenvalue weighted by molar-refractivity contribution is 7.09. The lowest BCUT2D eigenvalue weighted by Crippen LogP contribution is -2.06.